The average Bonchev–Trinajstić information content (AvgIpc) is 2.51. The summed E-state index contributed by atoms with van der Waals surface area (Å²) in [6.45, 7) is 3.76. The Bertz CT molecular complexity index is 401. The largest absolute Gasteiger partial charge is 0.477 e. The summed E-state index contributed by atoms with van der Waals surface area (Å²) in [6.07, 6.45) is 1.47. The zero-order chi connectivity index (χ0) is 13.0. The van der Waals surface area contributed by atoms with Crippen LogP contribution < -0.4 is 5.32 Å². The maximum Gasteiger partial charge on any atom is 0.341 e. The van der Waals surface area contributed by atoms with E-state index in [4.69, 9.17) is 10.2 Å². The number of hydrogen-bond acceptors (Lipinski definition) is 4. The number of carbonyl (C=O) groups is 1. The highest BCUT2D eigenvalue weighted by atomic mass is 16.4. The molecule has 1 aromatic rings. The van der Waals surface area contributed by atoms with Crippen LogP contribution in [0.2, 0.25) is 0 Å². The summed E-state index contributed by atoms with van der Waals surface area (Å²) in [6, 6.07) is 0.0926. The molecule has 3 N–H and O–H groups in total. The van der Waals surface area contributed by atoms with Crippen LogP contribution in [0.3, 0.4) is 0 Å². The van der Waals surface area contributed by atoms with Crippen molar-refractivity contribution >= 4 is 11.8 Å². The molecule has 1 rings (SSSR count). The molecule has 96 valence electrons. The number of aliphatic hydroxyl groups is 1. The first-order valence-corrected chi connectivity index (χ1v) is 5.61. The molecular formula is C11H19N3O3. The normalized spacial score (nSPS) is 12.5. The zero-order valence-corrected chi connectivity index (χ0v) is 10.4. The van der Waals surface area contributed by atoms with Crippen LogP contribution in [-0.4, -0.2) is 38.6 Å². The highest BCUT2D eigenvalue weighted by Gasteiger charge is 2.20. The van der Waals surface area contributed by atoms with Crippen LogP contribution in [0.5, 0.6) is 0 Å². The van der Waals surface area contributed by atoms with E-state index in [0.29, 0.717) is 17.9 Å². The molecule has 6 heteroatoms. The highest BCUT2D eigenvalue weighted by Crippen LogP contribution is 2.20. The molecule has 1 aromatic heterocycles. The van der Waals surface area contributed by atoms with Gasteiger partial charge >= 0.3 is 5.97 Å². The van der Waals surface area contributed by atoms with Crippen molar-refractivity contribution in [1.82, 2.24) is 9.78 Å². The van der Waals surface area contributed by atoms with E-state index in [0.717, 1.165) is 6.42 Å². The van der Waals surface area contributed by atoms with Crippen molar-refractivity contribution in [3.8, 4) is 0 Å². The van der Waals surface area contributed by atoms with Crippen LogP contribution in [0.25, 0.3) is 0 Å². The molecule has 0 aliphatic rings. The maximum absolute atomic E-state index is 11.1. The average molecular weight is 241 g/mol. The van der Waals surface area contributed by atoms with Crippen LogP contribution in [0, 0.1) is 6.92 Å². The van der Waals surface area contributed by atoms with Crippen LogP contribution >= 0.6 is 0 Å². The fraction of sp³-hybridized carbons (Fsp3) is 0.636. The standard InChI is InChI=1S/C11H19N3O3/c1-7(5-4-6-15)12-10-9(11(16)17)8(2)13-14(10)3/h7,12,15H,4-6H2,1-3H3,(H,16,17). The predicted molar refractivity (Wildman–Crippen MR) is 64.3 cm³/mol. The van der Waals surface area contributed by atoms with Crippen LogP contribution in [-0.2, 0) is 7.05 Å². The summed E-state index contributed by atoms with van der Waals surface area (Å²) in [5, 5.41) is 25.1. The Kier molecular flexibility index (Phi) is 4.51. The van der Waals surface area contributed by atoms with Crippen molar-refractivity contribution < 1.29 is 15.0 Å². The van der Waals surface area contributed by atoms with Crippen molar-refractivity contribution in [2.24, 2.45) is 7.05 Å². The molecule has 0 saturated carbocycles. The molecule has 1 heterocycles. The number of carboxylic acids is 1. The number of aromatic carboxylic acids is 1. The highest BCUT2D eigenvalue weighted by molar-refractivity contribution is 5.94. The Morgan fingerprint density at radius 2 is 2.24 bits per heavy atom. The van der Waals surface area contributed by atoms with Gasteiger partial charge in [0.2, 0.25) is 0 Å². The maximum atomic E-state index is 11.1. The number of rotatable bonds is 6. The van der Waals surface area contributed by atoms with Gasteiger partial charge in [-0.15, -0.1) is 0 Å². The number of aromatic nitrogens is 2. The monoisotopic (exact) mass is 241 g/mol. The first kappa shape index (κ1) is 13.5. The van der Waals surface area contributed by atoms with Gasteiger partial charge in [-0.1, -0.05) is 0 Å². The second kappa shape index (κ2) is 5.67. The van der Waals surface area contributed by atoms with Gasteiger partial charge in [0.15, 0.2) is 0 Å². The fourth-order valence-corrected chi connectivity index (χ4v) is 1.78. The molecule has 1 unspecified atom stereocenters. The minimum Gasteiger partial charge on any atom is -0.477 e. The summed E-state index contributed by atoms with van der Waals surface area (Å²) >= 11 is 0. The van der Waals surface area contributed by atoms with E-state index in [1.807, 2.05) is 6.92 Å². The number of nitrogens with one attached hydrogen (secondary N) is 1. The van der Waals surface area contributed by atoms with E-state index in [9.17, 15) is 4.79 Å². The van der Waals surface area contributed by atoms with Crippen molar-refractivity contribution in [3.05, 3.63) is 11.3 Å². The van der Waals surface area contributed by atoms with E-state index < -0.39 is 5.97 Å². The molecule has 17 heavy (non-hydrogen) atoms. The predicted octanol–water partition coefficient (Wildman–Crippen LogP) is 1.000. The topological polar surface area (TPSA) is 87.4 Å². The van der Waals surface area contributed by atoms with Gasteiger partial charge in [0.05, 0.1) is 5.69 Å². The Balaban J connectivity index is 2.86. The summed E-state index contributed by atoms with van der Waals surface area (Å²) in [7, 11) is 1.71. The van der Waals surface area contributed by atoms with Gasteiger partial charge in [-0.3, -0.25) is 4.68 Å². The lowest BCUT2D eigenvalue weighted by molar-refractivity contribution is 0.0697. The third-order valence-corrected chi connectivity index (χ3v) is 2.61. The molecule has 0 aliphatic heterocycles. The summed E-state index contributed by atoms with van der Waals surface area (Å²) in [5.41, 5.74) is 0.709. The minimum atomic E-state index is -0.979. The Hall–Kier alpha value is -1.56. The van der Waals surface area contributed by atoms with E-state index >= 15 is 0 Å². The number of hydrogen-bond donors (Lipinski definition) is 3. The molecule has 0 spiro atoms. The summed E-state index contributed by atoms with van der Waals surface area (Å²) in [4.78, 5) is 11.1. The quantitative estimate of drug-likeness (QED) is 0.691. The molecule has 0 aliphatic carbocycles. The molecule has 0 fully saturated rings. The van der Waals surface area contributed by atoms with E-state index in [1.54, 1.807) is 14.0 Å². The molecule has 0 radical (unpaired) electrons. The van der Waals surface area contributed by atoms with Crippen molar-refractivity contribution in [3.63, 3.8) is 0 Å². The third-order valence-electron chi connectivity index (χ3n) is 2.61. The van der Waals surface area contributed by atoms with Crippen molar-refractivity contribution in [1.29, 1.82) is 0 Å². The van der Waals surface area contributed by atoms with Crippen molar-refractivity contribution in [2.75, 3.05) is 11.9 Å². The first-order valence-electron chi connectivity index (χ1n) is 5.61. The molecule has 0 bridgehead atoms. The second-order valence-corrected chi connectivity index (χ2v) is 4.15. The zero-order valence-electron chi connectivity index (χ0n) is 10.4. The van der Waals surface area contributed by atoms with Gasteiger partial charge in [-0.05, 0) is 26.7 Å². The number of aryl methyl sites for hydroxylation is 2. The van der Waals surface area contributed by atoms with Gasteiger partial charge in [0, 0.05) is 19.7 Å². The lowest BCUT2D eigenvalue weighted by atomic mass is 10.1. The molecule has 1 atom stereocenters. The number of anilines is 1. The minimum absolute atomic E-state index is 0.0926. The third kappa shape index (κ3) is 3.20. The summed E-state index contributed by atoms with van der Waals surface area (Å²) in [5.74, 6) is -0.465. The van der Waals surface area contributed by atoms with Crippen LogP contribution in [0.1, 0.15) is 35.8 Å². The van der Waals surface area contributed by atoms with Gasteiger partial charge in [0.25, 0.3) is 0 Å². The second-order valence-electron chi connectivity index (χ2n) is 4.15. The Labute approximate surface area is 100 Å². The first-order chi connectivity index (χ1) is 7.97. The number of nitrogens with zero attached hydrogens (tertiary/aromatic N) is 2. The van der Waals surface area contributed by atoms with E-state index in [-0.39, 0.29) is 18.2 Å². The SMILES string of the molecule is Cc1nn(C)c(NC(C)CCCO)c1C(=O)O. The number of aliphatic hydroxyl groups excluding tert-OH is 1. The van der Waals surface area contributed by atoms with Crippen molar-refractivity contribution in [2.45, 2.75) is 32.7 Å². The van der Waals surface area contributed by atoms with Gasteiger partial charge in [-0.25, -0.2) is 4.79 Å². The lowest BCUT2D eigenvalue weighted by Gasteiger charge is -2.15. The molecule has 0 saturated heterocycles. The lowest BCUT2D eigenvalue weighted by Crippen LogP contribution is -2.19. The van der Waals surface area contributed by atoms with Gasteiger partial charge in [-0.2, -0.15) is 5.10 Å². The van der Waals surface area contributed by atoms with Crippen LogP contribution in [0.15, 0.2) is 0 Å². The molecule has 6 nitrogen and oxygen atoms in total. The Morgan fingerprint density at radius 3 is 2.76 bits per heavy atom. The molecule has 0 aromatic carbocycles. The Morgan fingerprint density at radius 1 is 1.59 bits per heavy atom. The van der Waals surface area contributed by atoms with Gasteiger partial charge in [0.1, 0.15) is 11.4 Å². The number of carboxylic acid groups (broad SMARTS) is 1. The smallest absolute Gasteiger partial charge is 0.341 e. The van der Waals surface area contributed by atoms with E-state index in [1.165, 1.54) is 4.68 Å². The fourth-order valence-electron chi connectivity index (χ4n) is 1.78. The van der Waals surface area contributed by atoms with E-state index in [2.05, 4.69) is 10.4 Å². The van der Waals surface area contributed by atoms with Gasteiger partial charge < -0.3 is 15.5 Å². The molecular weight excluding hydrogens is 222 g/mol. The molecule has 0 amide bonds. The summed E-state index contributed by atoms with van der Waals surface area (Å²) < 4.78 is 1.54. The van der Waals surface area contributed by atoms with Crippen LogP contribution in [0.4, 0.5) is 5.82 Å².